The first-order valence-corrected chi connectivity index (χ1v) is 8.20. The molecule has 0 unspecified atom stereocenters. The average molecular weight is 388 g/mol. The van der Waals surface area contributed by atoms with Gasteiger partial charge in [0.25, 0.3) is 0 Å². The largest absolute Gasteiger partial charge is 0.496 e. The van der Waals surface area contributed by atoms with Crippen LogP contribution in [0.5, 0.6) is 5.75 Å². The van der Waals surface area contributed by atoms with Gasteiger partial charge < -0.3 is 15.4 Å². The van der Waals surface area contributed by atoms with Gasteiger partial charge in [0, 0.05) is 24.9 Å². The highest BCUT2D eigenvalue weighted by atomic mass is 32.1. The molecule has 2 aromatic rings. The van der Waals surface area contributed by atoms with Gasteiger partial charge in [0.15, 0.2) is 0 Å². The van der Waals surface area contributed by atoms with Crippen molar-refractivity contribution in [1.29, 1.82) is 0 Å². The molecule has 26 heavy (non-hydrogen) atoms. The summed E-state index contributed by atoms with van der Waals surface area (Å²) in [6.45, 7) is 0.232. The zero-order valence-electron chi connectivity index (χ0n) is 13.6. The van der Waals surface area contributed by atoms with Crippen molar-refractivity contribution in [2.75, 3.05) is 12.4 Å². The van der Waals surface area contributed by atoms with Crippen molar-refractivity contribution in [3.8, 4) is 5.75 Å². The van der Waals surface area contributed by atoms with Crippen LogP contribution < -0.4 is 15.4 Å². The van der Waals surface area contributed by atoms with Crippen molar-refractivity contribution in [2.45, 2.75) is 25.6 Å². The van der Waals surface area contributed by atoms with Gasteiger partial charge in [-0.15, -0.1) is 10.2 Å². The number of carbonyl (C=O) groups is 2. The molecule has 0 radical (unpaired) electrons. The van der Waals surface area contributed by atoms with E-state index in [-0.39, 0.29) is 41.8 Å². The van der Waals surface area contributed by atoms with Crippen molar-refractivity contribution in [1.82, 2.24) is 15.5 Å². The van der Waals surface area contributed by atoms with E-state index in [2.05, 4.69) is 20.8 Å². The lowest BCUT2D eigenvalue weighted by Crippen LogP contribution is -2.24. The third kappa shape index (κ3) is 5.69. The Bertz CT molecular complexity index is 779. The van der Waals surface area contributed by atoms with Gasteiger partial charge in [-0.25, -0.2) is 0 Å². The molecule has 2 N–H and O–H groups in total. The molecule has 0 fully saturated rings. The van der Waals surface area contributed by atoms with E-state index in [1.165, 1.54) is 7.11 Å². The van der Waals surface area contributed by atoms with E-state index < -0.39 is 17.1 Å². The Labute approximate surface area is 150 Å². The van der Waals surface area contributed by atoms with Gasteiger partial charge in [0.1, 0.15) is 5.75 Å². The predicted molar refractivity (Wildman–Crippen MR) is 87.6 cm³/mol. The SMILES string of the molecule is COc1ccccc1CNC(=O)CCC(=O)Nc1nnc(C(F)(F)F)s1. The Hall–Kier alpha value is -2.69. The Kier molecular flexibility index (Phi) is 6.50. The zero-order valence-corrected chi connectivity index (χ0v) is 14.4. The predicted octanol–water partition coefficient (Wildman–Crippen LogP) is 2.60. The molecule has 0 bridgehead atoms. The fourth-order valence-electron chi connectivity index (χ4n) is 1.93. The maximum Gasteiger partial charge on any atom is 0.445 e. The second kappa shape index (κ2) is 8.61. The lowest BCUT2D eigenvalue weighted by atomic mass is 10.2. The first kappa shape index (κ1) is 19.6. The summed E-state index contributed by atoms with van der Waals surface area (Å²) in [6.07, 6.45) is -4.93. The minimum atomic E-state index is -4.61. The summed E-state index contributed by atoms with van der Waals surface area (Å²) in [6, 6.07) is 7.15. The molecule has 0 aliphatic heterocycles. The number of ether oxygens (including phenoxy) is 1. The summed E-state index contributed by atoms with van der Waals surface area (Å²) >= 11 is 0.220. The van der Waals surface area contributed by atoms with Gasteiger partial charge in [-0.3, -0.25) is 9.59 Å². The number of rotatable bonds is 7. The van der Waals surface area contributed by atoms with E-state index in [0.29, 0.717) is 5.75 Å². The third-order valence-electron chi connectivity index (χ3n) is 3.16. The van der Waals surface area contributed by atoms with Crippen LogP contribution >= 0.6 is 11.3 Å². The number of nitrogens with one attached hydrogen (secondary N) is 2. The first-order chi connectivity index (χ1) is 12.3. The number of nitrogens with zero attached hydrogens (tertiary/aromatic N) is 2. The molecule has 2 amide bonds. The Morgan fingerprint density at radius 3 is 2.50 bits per heavy atom. The molecule has 0 saturated carbocycles. The fraction of sp³-hybridized carbons (Fsp3) is 0.333. The molecule has 11 heteroatoms. The second-order valence-electron chi connectivity index (χ2n) is 5.05. The molecule has 1 aromatic carbocycles. The number of halogens is 3. The molecular weight excluding hydrogens is 373 g/mol. The monoisotopic (exact) mass is 388 g/mol. The summed E-state index contributed by atoms with van der Waals surface area (Å²) in [7, 11) is 1.52. The van der Waals surface area contributed by atoms with Crippen LogP contribution in [0.25, 0.3) is 0 Å². The maximum absolute atomic E-state index is 12.4. The number of hydrogen-bond donors (Lipinski definition) is 2. The van der Waals surface area contributed by atoms with Crippen LogP contribution in [0.2, 0.25) is 0 Å². The molecule has 0 aliphatic carbocycles. The lowest BCUT2D eigenvalue weighted by Gasteiger charge is -2.09. The number of amides is 2. The number of anilines is 1. The zero-order chi connectivity index (χ0) is 19.2. The standard InChI is InChI=1S/C15H15F3N4O3S/c1-25-10-5-3-2-4-9(10)8-19-11(23)6-7-12(24)20-14-22-21-13(26-14)15(16,17)18/h2-5H,6-8H2,1H3,(H,19,23)(H,20,22,24). The van der Waals surface area contributed by atoms with Gasteiger partial charge in [0.05, 0.1) is 7.11 Å². The highest BCUT2D eigenvalue weighted by molar-refractivity contribution is 7.15. The van der Waals surface area contributed by atoms with Crippen LogP contribution in [0.3, 0.4) is 0 Å². The number of aromatic nitrogens is 2. The van der Waals surface area contributed by atoms with Gasteiger partial charge in [-0.1, -0.05) is 29.5 Å². The van der Waals surface area contributed by atoms with Gasteiger partial charge in [-0.05, 0) is 6.07 Å². The molecule has 2 rings (SSSR count). The number of para-hydroxylation sites is 1. The molecule has 0 atom stereocenters. The van der Waals surface area contributed by atoms with Gasteiger partial charge >= 0.3 is 6.18 Å². The third-order valence-corrected chi connectivity index (χ3v) is 4.05. The first-order valence-electron chi connectivity index (χ1n) is 7.38. The number of hydrogen-bond acceptors (Lipinski definition) is 6. The Morgan fingerprint density at radius 1 is 1.15 bits per heavy atom. The highest BCUT2D eigenvalue weighted by Crippen LogP contribution is 2.32. The highest BCUT2D eigenvalue weighted by Gasteiger charge is 2.35. The Balaban J connectivity index is 1.76. The van der Waals surface area contributed by atoms with Gasteiger partial charge in [-0.2, -0.15) is 13.2 Å². The number of alkyl halides is 3. The van der Waals surface area contributed by atoms with Crippen molar-refractivity contribution in [2.24, 2.45) is 0 Å². The molecular formula is C15H15F3N4O3S. The van der Waals surface area contributed by atoms with Crippen molar-refractivity contribution in [3.05, 3.63) is 34.8 Å². The van der Waals surface area contributed by atoms with Crippen LogP contribution in [-0.2, 0) is 22.3 Å². The van der Waals surface area contributed by atoms with Crippen LogP contribution in [0.15, 0.2) is 24.3 Å². The summed E-state index contributed by atoms with van der Waals surface area (Å²) < 4.78 is 42.4. The lowest BCUT2D eigenvalue weighted by molar-refractivity contribution is -0.138. The van der Waals surface area contributed by atoms with E-state index in [1.807, 2.05) is 0 Å². The number of benzene rings is 1. The van der Waals surface area contributed by atoms with Crippen LogP contribution in [0.4, 0.5) is 18.3 Å². The molecule has 0 spiro atoms. The average Bonchev–Trinajstić information content (AvgIpc) is 3.07. The molecule has 0 aliphatic rings. The molecule has 1 aromatic heterocycles. The summed E-state index contributed by atoms with van der Waals surface area (Å²) in [4.78, 5) is 23.5. The van der Waals surface area contributed by atoms with Crippen LogP contribution in [-0.4, -0.2) is 29.1 Å². The maximum atomic E-state index is 12.4. The molecule has 1 heterocycles. The quantitative estimate of drug-likeness (QED) is 0.761. The van der Waals surface area contributed by atoms with Crippen molar-refractivity contribution in [3.63, 3.8) is 0 Å². The van der Waals surface area contributed by atoms with E-state index in [0.717, 1.165) is 5.56 Å². The summed E-state index contributed by atoms with van der Waals surface area (Å²) in [5.74, 6) is -0.371. The fourth-order valence-corrected chi connectivity index (χ4v) is 2.56. The smallest absolute Gasteiger partial charge is 0.445 e. The molecule has 140 valence electrons. The minimum absolute atomic E-state index is 0.119. The van der Waals surface area contributed by atoms with E-state index in [1.54, 1.807) is 24.3 Å². The van der Waals surface area contributed by atoms with Crippen molar-refractivity contribution < 1.29 is 27.5 Å². The molecule has 7 nitrogen and oxygen atoms in total. The van der Waals surface area contributed by atoms with E-state index >= 15 is 0 Å². The van der Waals surface area contributed by atoms with Crippen LogP contribution in [0, 0.1) is 0 Å². The molecule has 0 saturated heterocycles. The van der Waals surface area contributed by atoms with E-state index in [9.17, 15) is 22.8 Å². The minimum Gasteiger partial charge on any atom is -0.496 e. The summed E-state index contributed by atoms with van der Waals surface area (Å²) in [5, 5.41) is 9.61. The second-order valence-corrected chi connectivity index (χ2v) is 6.02. The van der Waals surface area contributed by atoms with Crippen LogP contribution in [0.1, 0.15) is 23.4 Å². The van der Waals surface area contributed by atoms with Gasteiger partial charge in [0.2, 0.25) is 22.0 Å². The number of methoxy groups -OCH3 is 1. The van der Waals surface area contributed by atoms with Crippen molar-refractivity contribution >= 4 is 28.3 Å². The Morgan fingerprint density at radius 2 is 1.85 bits per heavy atom. The number of carbonyl (C=O) groups excluding carboxylic acids is 2. The topological polar surface area (TPSA) is 93.2 Å². The van der Waals surface area contributed by atoms with E-state index in [4.69, 9.17) is 4.74 Å². The normalized spacial score (nSPS) is 11.1. The summed E-state index contributed by atoms with van der Waals surface area (Å²) in [5.41, 5.74) is 0.779.